The first-order valence-corrected chi connectivity index (χ1v) is 42.0. The Morgan fingerprint density at radius 3 is 2.11 bits per heavy atom. The fourth-order valence-corrected chi connectivity index (χ4v) is 20.0. The summed E-state index contributed by atoms with van der Waals surface area (Å²) < 4.78 is 128. The standard InChI is InChI=1S/C78H101F5N10O10S4/c1-50(52-19-21-53(22-20-52)68-51(2)84-49-105-68)85-71(98)64-39-59(94)44-93(64)72(99)69(74(3,4)5)88-67(96)18-14-9-8-13-17-66(95)87-56-30-33-90(43-56)34-31-57(45-104-60-15-11-10-12-16-60)86-63-28-27-61(40-65(63)106(100,101)78(81,82)83)107(102,103)89-70(97)54-23-25-58(26-24-54)92-37-35-91(36-38-92)42-55-29-32-75(6,7)41-62(55)76-46-77(47-76,48-76)73(79)80/h10-12,15-16,19-28,40,49-50,56-57,59,64,69,73,86,94H,8-9,13-14,17-18,29-39,41-48H2,1-7H3,(H,85,98)(H,87,95)(H,88,96)(H,89,97)/t50-,56?,57?,59+,64-,69?,76?,77?/m0/s1. The van der Waals surface area contributed by atoms with Crippen molar-refractivity contribution in [1.29, 1.82) is 0 Å². The van der Waals surface area contributed by atoms with Gasteiger partial charge in [0.1, 0.15) is 17.0 Å². The monoisotopic (exact) mass is 1560 g/mol. The van der Waals surface area contributed by atoms with Crippen LogP contribution in [0.4, 0.5) is 33.3 Å². The second kappa shape index (κ2) is 33.3. The summed E-state index contributed by atoms with van der Waals surface area (Å²) in [6, 6.07) is 22.4. The summed E-state index contributed by atoms with van der Waals surface area (Å²) in [7, 11) is -11.2. The molecule has 4 aromatic carbocycles. The van der Waals surface area contributed by atoms with Crippen molar-refractivity contribution in [2.75, 3.05) is 74.9 Å². The summed E-state index contributed by atoms with van der Waals surface area (Å²) in [5.41, 5.74) is 0.310. The number of nitrogens with one attached hydrogen (secondary N) is 5. The van der Waals surface area contributed by atoms with E-state index in [1.54, 1.807) is 29.0 Å². The van der Waals surface area contributed by atoms with E-state index in [1.165, 1.54) is 39.9 Å². The lowest BCUT2D eigenvalue weighted by molar-refractivity contribution is -0.250. The maximum atomic E-state index is 14.6. The van der Waals surface area contributed by atoms with Gasteiger partial charge < -0.3 is 41.1 Å². The van der Waals surface area contributed by atoms with Gasteiger partial charge >= 0.3 is 5.51 Å². The van der Waals surface area contributed by atoms with Crippen molar-refractivity contribution in [1.82, 2.24) is 40.4 Å². The number of thiazole rings is 1. The first-order valence-electron chi connectivity index (χ1n) is 37.2. The summed E-state index contributed by atoms with van der Waals surface area (Å²) in [6.07, 6.45) is 5.14. The number of likely N-dealkylation sites (tertiary alicyclic amines) is 2. The maximum Gasteiger partial charge on any atom is 0.501 e. The lowest BCUT2D eigenvalue weighted by atomic mass is 9.32. The van der Waals surface area contributed by atoms with Gasteiger partial charge in [0.05, 0.1) is 38.8 Å². The fourth-order valence-electron chi connectivity index (χ4n) is 16.2. The number of aryl methyl sites for hydroxylation is 1. The Hall–Kier alpha value is -7.02. The summed E-state index contributed by atoms with van der Waals surface area (Å²) in [6.45, 7) is 18.8. The summed E-state index contributed by atoms with van der Waals surface area (Å²) in [5.74, 6) is -2.18. The molecule has 6 N–H and O–H groups in total. The minimum absolute atomic E-state index is 0.0527. The van der Waals surface area contributed by atoms with E-state index in [1.807, 2.05) is 93.9 Å². The Labute approximate surface area is 633 Å². The molecule has 0 spiro atoms. The molecule has 3 aliphatic heterocycles. The fraction of sp³-hybridized carbons (Fsp3) is 0.564. The van der Waals surface area contributed by atoms with Gasteiger partial charge in [-0.2, -0.15) is 13.2 Å². The molecule has 3 saturated heterocycles. The highest BCUT2D eigenvalue weighted by Gasteiger charge is 2.73. The molecule has 4 aliphatic carbocycles. The highest BCUT2D eigenvalue weighted by atomic mass is 32.2. The van der Waals surface area contributed by atoms with Gasteiger partial charge in [-0.15, -0.1) is 23.1 Å². The first-order chi connectivity index (χ1) is 50.5. The molecule has 5 amide bonds. The number of rotatable bonds is 31. The Morgan fingerprint density at radius 2 is 1.48 bits per heavy atom. The number of alkyl halides is 5. The molecule has 0 radical (unpaired) electrons. The van der Waals surface area contributed by atoms with Crippen LogP contribution in [-0.2, 0) is 39.0 Å². The Kier molecular flexibility index (Phi) is 25.2. The van der Waals surface area contributed by atoms with Gasteiger partial charge in [0.2, 0.25) is 30.1 Å². The van der Waals surface area contributed by atoms with E-state index in [0.717, 1.165) is 83.3 Å². The number of aliphatic hydroxyl groups excluding tert-OH is 1. The Morgan fingerprint density at radius 1 is 0.804 bits per heavy atom. The zero-order valence-corrected chi connectivity index (χ0v) is 65.2. The number of allylic oxidation sites excluding steroid dienone is 1. The van der Waals surface area contributed by atoms with Crippen LogP contribution in [0.3, 0.4) is 0 Å². The minimum atomic E-state index is -6.19. The number of unbranched alkanes of at least 4 members (excludes halogenated alkanes) is 3. The number of aromatic nitrogens is 1. The number of thioether (sulfide) groups is 1. The zero-order valence-electron chi connectivity index (χ0n) is 61.9. The second-order valence-corrected chi connectivity index (χ2v) is 37.7. The third kappa shape index (κ3) is 19.4. The molecule has 3 unspecified atom stereocenters. The molecule has 5 aromatic rings. The number of carbonyl (C=O) groups is 5. The van der Waals surface area contributed by atoms with Crippen LogP contribution in [0.5, 0.6) is 0 Å². The van der Waals surface area contributed by atoms with Crippen LogP contribution in [0.25, 0.3) is 10.4 Å². The van der Waals surface area contributed by atoms with E-state index in [0.29, 0.717) is 96.6 Å². The van der Waals surface area contributed by atoms with Crippen LogP contribution in [-0.4, -0.2) is 178 Å². The number of halogens is 5. The molecule has 12 rings (SSSR count). The van der Waals surface area contributed by atoms with Crippen LogP contribution >= 0.6 is 23.1 Å². The van der Waals surface area contributed by atoms with E-state index < -0.39 is 106 Å². The summed E-state index contributed by atoms with van der Waals surface area (Å²) >= 11 is 2.93. The Bertz CT molecular complexity index is 4260. The highest BCUT2D eigenvalue weighted by molar-refractivity contribution is 7.99. The molecule has 4 heterocycles. The number of aliphatic hydroxyl groups is 1. The first kappa shape index (κ1) is 81.0. The van der Waals surface area contributed by atoms with Crippen LogP contribution in [0.1, 0.15) is 166 Å². The van der Waals surface area contributed by atoms with Crippen LogP contribution in [0.2, 0.25) is 0 Å². The lowest BCUT2D eigenvalue weighted by Crippen LogP contribution is -2.66. The number of piperazine rings is 1. The lowest BCUT2D eigenvalue weighted by Gasteiger charge is -2.72. The number of anilines is 2. The van der Waals surface area contributed by atoms with Gasteiger partial charge in [-0.1, -0.05) is 101 Å². The number of benzene rings is 4. The molecule has 7 aliphatic rings. The molecule has 6 atom stereocenters. The minimum Gasteiger partial charge on any atom is -0.391 e. The summed E-state index contributed by atoms with van der Waals surface area (Å²) in [4.78, 5) is 80.4. The third-order valence-corrected chi connectivity index (χ3v) is 27.3. The normalized spacial score (nSPS) is 22.9. The predicted octanol–water partition coefficient (Wildman–Crippen LogP) is 12.5. The van der Waals surface area contributed by atoms with Crippen LogP contribution in [0.15, 0.2) is 128 Å². The number of nitrogens with zero attached hydrogens (tertiary/aromatic N) is 5. The number of hydrogen-bond acceptors (Lipinski definition) is 17. The Balaban J connectivity index is 0.630. The van der Waals surface area contributed by atoms with Crippen molar-refractivity contribution in [2.24, 2.45) is 21.7 Å². The number of carbonyl (C=O) groups excluding carboxylic acids is 5. The van der Waals surface area contributed by atoms with Crippen molar-refractivity contribution in [3.8, 4) is 10.4 Å². The number of hydrogen-bond donors (Lipinski definition) is 6. The average molecular weight is 1560 g/mol. The van der Waals surface area contributed by atoms with Gasteiger partial charge in [0.15, 0.2) is 0 Å². The molecule has 20 nitrogen and oxygen atoms in total. The van der Waals surface area contributed by atoms with Crippen molar-refractivity contribution in [3.63, 3.8) is 0 Å². The van der Waals surface area contributed by atoms with Crippen molar-refractivity contribution < 1.29 is 67.9 Å². The third-order valence-electron chi connectivity index (χ3n) is 22.3. The van der Waals surface area contributed by atoms with Gasteiger partial charge in [-0.3, -0.25) is 28.9 Å². The predicted molar refractivity (Wildman–Crippen MR) is 405 cm³/mol. The zero-order chi connectivity index (χ0) is 77.0. The molecule has 29 heteroatoms. The van der Waals surface area contributed by atoms with E-state index in [-0.39, 0.29) is 65.8 Å². The number of β-amino-alcohol motifs (C(OH)–C–C–N with tert-alkyl or cyclic N) is 1. The second-order valence-electron chi connectivity index (χ2n) is 32.2. The number of amides is 5. The largest absolute Gasteiger partial charge is 0.501 e. The maximum absolute atomic E-state index is 14.6. The van der Waals surface area contributed by atoms with E-state index in [4.69, 9.17) is 0 Å². The molecule has 582 valence electrons. The van der Waals surface area contributed by atoms with Gasteiger partial charge in [0, 0.05) is 118 Å². The molecule has 3 saturated carbocycles. The van der Waals surface area contributed by atoms with Crippen molar-refractivity contribution >= 4 is 83.9 Å². The molecular formula is C78H101F5N10O10S4. The highest BCUT2D eigenvalue weighted by Crippen LogP contribution is 2.79. The average Bonchev–Trinajstić information content (AvgIpc) is 1.14. The van der Waals surface area contributed by atoms with Crippen molar-refractivity contribution in [3.05, 3.63) is 131 Å². The van der Waals surface area contributed by atoms with Gasteiger partial charge in [-0.25, -0.2) is 35.3 Å². The van der Waals surface area contributed by atoms with Crippen LogP contribution < -0.4 is 30.9 Å². The van der Waals surface area contributed by atoms with E-state index in [2.05, 4.69) is 54.8 Å². The number of sulfonamides is 1. The van der Waals surface area contributed by atoms with E-state index >= 15 is 0 Å². The SMILES string of the molecule is Cc1ncsc1-c1ccc([C@H](C)NC(=O)[C@@H]2C[C@@H](O)CN2C(=O)C(NC(=O)CCCCCCC(=O)NC2CCN(CCC(CSc3ccccc3)Nc3ccc(S(=O)(=O)NC(=O)c4ccc(N5CCN(CC6=C(C78CC(C(F)F)(C7)C8)CC(C)(C)CC6)CC5)cc4)cc3S(=O)(=O)C(F)(F)F)C2)C(C)(C)C)cc1. The quantitative estimate of drug-likeness (QED) is 0.0104. The molecule has 6 fully saturated rings. The smallest absolute Gasteiger partial charge is 0.391 e. The molecule has 107 heavy (non-hydrogen) atoms. The van der Waals surface area contributed by atoms with Crippen LogP contribution in [0, 0.1) is 28.6 Å². The van der Waals surface area contributed by atoms with Gasteiger partial charge in [-0.05, 0) is 160 Å². The summed E-state index contributed by atoms with van der Waals surface area (Å²) in [5, 5.41) is 22.8. The topological polar surface area (TPSA) is 260 Å². The van der Waals surface area contributed by atoms with Gasteiger partial charge in [0.25, 0.3) is 25.8 Å². The van der Waals surface area contributed by atoms with E-state index in [9.17, 15) is 67.9 Å². The molecule has 2 bridgehead atoms. The molecule has 1 aromatic heterocycles. The van der Waals surface area contributed by atoms with Crippen molar-refractivity contribution in [2.45, 2.75) is 208 Å². The number of sulfone groups is 1. The molecular weight excluding hydrogens is 1460 g/mol.